The van der Waals surface area contributed by atoms with Crippen LogP contribution in [0, 0.1) is 5.41 Å². The van der Waals surface area contributed by atoms with Crippen molar-refractivity contribution in [2.75, 3.05) is 5.75 Å². The minimum atomic E-state index is -1.39. The molecule has 0 aromatic carbocycles. The second-order valence-corrected chi connectivity index (χ2v) is 12.6. The SMILES string of the molecule is CCC=N/C=C(\C)C1=CC=C(N2C(=O)C(SC[C@H](O)C3=CCC(C)(F)C=C3)[C@H]2C2(C)C=C(C)C(O)=CC2)CC1. The van der Waals surface area contributed by atoms with E-state index in [1.165, 1.54) is 30.3 Å². The summed E-state index contributed by atoms with van der Waals surface area (Å²) in [5.74, 6) is 0.693. The van der Waals surface area contributed by atoms with E-state index in [1.54, 1.807) is 12.2 Å². The van der Waals surface area contributed by atoms with Crippen molar-refractivity contribution in [3.05, 3.63) is 82.5 Å². The van der Waals surface area contributed by atoms with Crippen LogP contribution in [0.3, 0.4) is 0 Å². The Kier molecular flexibility index (Phi) is 8.91. The van der Waals surface area contributed by atoms with Crippen LogP contribution < -0.4 is 0 Å². The molecular weight excluding hydrogens is 511 g/mol. The van der Waals surface area contributed by atoms with E-state index in [1.807, 2.05) is 30.3 Å². The first-order valence-electron chi connectivity index (χ1n) is 13.8. The van der Waals surface area contributed by atoms with Crippen LogP contribution in [0.1, 0.15) is 66.7 Å². The molecule has 210 valence electrons. The summed E-state index contributed by atoms with van der Waals surface area (Å²) in [5.41, 5.74) is 3.11. The Balaban J connectivity index is 1.54. The lowest BCUT2D eigenvalue weighted by molar-refractivity contribution is -0.145. The lowest BCUT2D eigenvalue weighted by atomic mass is 9.69. The molecule has 0 saturated carbocycles. The van der Waals surface area contributed by atoms with Crippen LogP contribution in [0.5, 0.6) is 0 Å². The number of allylic oxidation sites excluding steroid dienone is 9. The molecule has 0 aromatic heterocycles. The number of carbonyl (C=O) groups is 1. The second kappa shape index (κ2) is 11.8. The van der Waals surface area contributed by atoms with E-state index in [0.717, 1.165) is 36.1 Å². The molecule has 1 fully saturated rings. The van der Waals surface area contributed by atoms with E-state index in [-0.39, 0.29) is 34.8 Å². The molecule has 5 nitrogen and oxygen atoms in total. The number of aliphatic hydroxyl groups excluding tert-OH is 2. The van der Waals surface area contributed by atoms with Gasteiger partial charge in [0.15, 0.2) is 0 Å². The predicted octanol–water partition coefficient (Wildman–Crippen LogP) is 7.06. The second-order valence-electron chi connectivity index (χ2n) is 11.5. The zero-order valence-electron chi connectivity index (χ0n) is 23.7. The number of hydrogen-bond acceptors (Lipinski definition) is 5. The van der Waals surface area contributed by atoms with Gasteiger partial charge in [0.25, 0.3) is 0 Å². The number of β-lactam (4-membered cyclic amide) rings is 1. The molecule has 2 N–H and O–H groups in total. The number of hydrogen-bond donors (Lipinski definition) is 2. The summed E-state index contributed by atoms with van der Waals surface area (Å²) in [6.45, 7) is 9.68. The molecule has 1 amide bonds. The van der Waals surface area contributed by atoms with Crippen LogP contribution in [0.15, 0.2) is 87.5 Å². The number of halogens is 1. The quantitative estimate of drug-likeness (QED) is 0.237. The monoisotopic (exact) mass is 552 g/mol. The molecule has 39 heavy (non-hydrogen) atoms. The van der Waals surface area contributed by atoms with Gasteiger partial charge in [-0.2, -0.15) is 0 Å². The number of carbonyl (C=O) groups excluding carboxylic acids is 1. The average molecular weight is 553 g/mol. The highest BCUT2D eigenvalue weighted by Crippen LogP contribution is 2.50. The molecule has 0 aromatic rings. The van der Waals surface area contributed by atoms with Gasteiger partial charge >= 0.3 is 0 Å². The molecule has 3 aliphatic carbocycles. The van der Waals surface area contributed by atoms with Crippen LogP contribution in [-0.2, 0) is 4.79 Å². The molecular formula is C32H41FN2O3S. The third-order valence-corrected chi connectivity index (χ3v) is 9.41. The summed E-state index contributed by atoms with van der Waals surface area (Å²) in [4.78, 5) is 19.9. The predicted molar refractivity (Wildman–Crippen MR) is 159 cm³/mol. The van der Waals surface area contributed by atoms with Crippen molar-refractivity contribution in [2.45, 2.75) is 89.8 Å². The van der Waals surface area contributed by atoms with Crippen molar-refractivity contribution in [1.29, 1.82) is 0 Å². The maximum atomic E-state index is 14.1. The number of likely N-dealkylation sites (tertiary alicyclic amines) is 1. The fourth-order valence-electron chi connectivity index (χ4n) is 5.67. The highest BCUT2D eigenvalue weighted by Gasteiger charge is 2.56. The zero-order chi connectivity index (χ0) is 28.4. The third-order valence-electron chi connectivity index (χ3n) is 8.09. The fraction of sp³-hybridized carbons (Fsp3) is 0.500. The van der Waals surface area contributed by atoms with Gasteiger partial charge in [-0.25, -0.2) is 4.39 Å². The topological polar surface area (TPSA) is 73.1 Å². The van der Waals surface area contributed by atoms with Gasteiger partial charge in [-0.05, 0) is 87.0 Å². The Labute approximate surface area is 236 Å². The van der Waals surface area contributed by atoms with E-state index >= 15 is 0 Å². The van der Waals surface area contributed by atoms with Crippen molar-refractivity contribution in [3.8, 4) is 0 Å². The van der Waals surface area contributed by atoms with Gasteiger partial charge < -0.3 is 15.1 Å². The maximum Gasteiger partial charge on any atom is 0.242 e. The van der Waals surface area contributed by atoms with Crippen LogP contribution >= 0.6 is 11.8 Å². The summed E-state index contributed by atoms with van der Waals surface area (Å²) < 4.78 is 14.1. The van der Waals surface area contributed by atoms with E-state index in [0.29, 0.717) is 17.7 Å². The summed E-state index contributed by atoms with van der Waals surface area (Å²) in [6.07, 6.45) is 19.4. The van der Waals surface area contributed by atoms with Crippen LogP contribution in [0.2, 0.25) is 0 Å². The van der Waals surface area contributed by atoms with Gasteiger partial charge in [-0.1, -0.05) is 38.2 Å². The van der Waals surface area contributed by atoms with Gasteiger partial charge in [0, 0.05) is 35.7 Å². The van der Waals surface area contributed by atoms with Crippen molar-refractivity contribution in [2.24, 2.45) is 10.4 Å². The summed E-state index contributed by atoms with van der Waals surface area (Å²) in [6, 6.07) is -0.112. The average Bonchev–Trinajstić information content (AvgIpc) is 2.90. The number of thioether (sulfide) groups is 1. The molecule has 1 aliphatic heterocycles. The van der Waals surface area contributed by atoms with Gasteiger partial charge in [0.2, 0.25) is 5.91 Å². The van der Waals surface area contributed by atoms with Crippen molar-refractivity contribution in [1.82, 2.24) is 4.90 Å². The summed E-state index contributed by atoms with van der Waals surface area (Å²) in [5, 5.41) is 20.7. The molecule has 0 bridgehead atoms. The van der Waals surface area contributed by atoms with Gasteiger partial charge in [-0.15, -0.1) is 11.8 Å². The van der Waals surface area contributed by atoms with Crippen molar-refractivity contribution >= 4 is 23.9 Å². The Hall–Kier alpha value is -2.64. The Morgan fingerprint density at radius 2 is 2.05 bits per heavy atom. The lowest BCUT2D eigenvalue weighted by Crippen LogP contribution is -2.68. The first kappa shape index (κ1) is 29.3. The normalized spacial score (nSPS) is 32.3. The minimum Gasteiger partial charge on any atom is -0.508 e. The van der Waals surface area contributed by atoms with E-state index in [2.05, 4.69) is 44.0 Å². The van der Waals surface area contributed by atoms with Gasteiger partial charge in [0.1, 0.15) is 16.7 Å². The number of aliphatic imine (C=N–C) groups is 1. The number of amides is 1. The highest BCUT2D eigenvalue weighted by molar-refractivity contribution is 8.00. The standard InChI is InChI=1S/C32H41FN2O3S/c1-6-17-34-19-22(3)23-7-9-25(10-8-23)35-29(31(4)14-13-26(36)21(2)18-31)28(30(35)38)39-20-27(37)24-11-15-32(5,33)16-12-24/h7,9,11-13,15,17-19,27-29,36-37H,6,8,10,14,16,20H2,1-5H3/b22-19+,34-17?/t27-,28?,29-,31?,32?/m0/s1. The maximum absolute atomic E-state index is 14.1. The van der Waals surface area contributed by atoms with E-state index in [4.69, 9.17) is 0 Å². The fourth-order valence-corrected chi connectivity index (χ4v) is 7.12. The molecule has 4 aliphatic rings. The van der Waals surface area contributed by atoms with Crippen molar-refractivity contribution < 1.29 is 19.4 Å². The number of rotatable bonds is 9. The summed E-state index contributed by atoms with van der Waals surface area (Å²) >= 11 is 1.47. The zero-order valence-corrected chi connectivity index (χ0v) is 24.5. The van der Waals surface area contributed by atoms with Crippen LogP contribution in [0.4, 0.5) is 4.39 Å². The van der Waals surface area contributed by atoms with Gasteiger partial charge in [0.05, 0.1) is 12.1 Å². The Morgan fingerprint density at radius 3 is 2.67 bits per heavy atom. The lowest BCUT2D eigenvalue weighted by Gasteiger charge is -2.55. The Morgan fingerprint density at radius 1 is 1.28 bits per heavy atom. The minimum absolute atomic E-state index is 0.0515. The molecule has 4 rings (SSSR count). The number of nitrogens with zero attached hydrogens (tertiary/aromatic N) is 2. The molecule has 3 unspecified atom stereocenters. The molecule has 1 saturated heterocycles. The highest BCUT2D eigenvalue weighted by atomic mass is 32.2. The number of alkyl halides is 1. The molecule has 0 radical (unpaired) electrons. The Bertz CT molecular complexity index is 1240. The first-order valence-corrected chi connectivity index (χ1v) is 14.9. The molecule has 0 spiro atoms. The summed E-state index contributed by atoms with van der Waals surface area (Å²) in [7, 11) is 0. The molecule has 5 atom stereocenters. The van der Waals surface area contributed by atoms with E-state index in [9.17, 15) is 19.4 Å². The van der Waals surface area contributed by atoms with E-state index < -0.39 is 11.8 Å². The number of aliphatic hydroxyl groups is 2. The largest absolute Gasteiger partial charge is 0.508 e. The third kappa shape index (κ3) is 6.41. The van der Waals surface area contributed by atoms with Crippen LogP contribution in [0.25, 0.3) is 0 Å². The first-order chi connectivity index (χ1) is 18.5. The smallest absolute Gasteiger partial charge is 0.242 e. The van der Waals surface area contributed by atoms with Crippen molar-refractivity contribution in [3.63, 3.8) is 0 Å². The van der Waals surface area contributed by atoms with Gasteiger partial charge in [-0.3, -0.25) is 9.79 Å². The molecule has 7 heteroatoms. The van der Waals surface area contributed by atoms with Crippen LogP contribution in [-0.4, -0.2) is 56.1 Å². The molecule has 1 heterocycles.